The summed E-state index contributed by atoms with van der Waals surface area (Å²) in [6.45, 7) is 1.19. The van der Waals surface area contributed by atoms with Gasteiger partial charge in [0.2, 0.25) is 11.8 Å². The molecule has 4 heteroatoms. The summed E-state index contributed by atoms with van der Waals surface area (Å²) in [7, 11) is 1.80. The number of nitrogens with zero attached hydrogens (tertiary/aromatic N) is 1. The standard InChI is InChI=1S/C7H12N2O2/c1-8-4-5-9-6(10)2-3-7(9)11/h8H,2-5H2,1H3. The first-order chi connectivity index (χ1) is 5.25. The van der Waals surface area contributed by atoms with Gasteiger partial charge in [-0.2, -0.15) is 0 Å². The van der Waals surface area contributed by atoms with Crippen LogP contribution in [0.2, 0.25) is 0 Å². The van der Waals surface area contributed by atoms with Crippen LogP contribution in [0.1, 0.15) is 12.8 Å². The maximum absolute atomic E-state index is 11.0. The highest BCUT2D eigenvalue weighted by Gasteiger charge is 2.27. The summed E-state index contributed by atoms with van der Waals surface area (Å²) < 4.78 is 0. The number of nitrogens with one attached hydrogen (secondary N) is 1. The molecule has 1 rings (SSSR count). The molecule has 4 nitrogen and oxygen atoms in total. The van der Waals surface area contributed by atoms with Crippen LogP contribution in [0.25, 0.3) is 0 Å². The molecule has 0 aromatic carbocycles. The summed E-state index contributed by atoms with van der Waals surface area (Å²) in [5.41, 5.74) is 0. The Kier molecular flexibility index (Phi) is 2.59. The Morgan fingerprint density at radius 3 is 2.36 bits per heavy atom. The molecule has 0 aromatic heterocycles. The van der Waals surface area contributed by atoms with Crippen LogP contribution >= 0.6 is 0 Å². The van der Waals surface area contributed by atoms with E-state index in [0.717, 1.165) is 0 Å². The third kappa shape index (κ3) is 1.77. The van der Waals surface area contributed by atoms with Crippen LogP contribution in [0.15, 0.2) is 0 Å². The van der Waals surface area contributed by atoms with Crippen molar-refractivity contribution >= 4 is 11.8 Å². The number of amides is 2. The minimum Gasteiger partial charge on any atom is -0.318 e. The van der Waals surface area contributed by atoms with Crippen LogP contribution in [0.4, 0.5) is 0 Å². The molecule has 0 bridgehead atoms. The zero-order valence-electron chi connectivity index (χ0n) is 6.59. The molecule has 11 heavy (non-hydrogen) atoms. The van der Waals surface area contributed by atoms with Gasteiger partial charge < -0.3 is 5.32 Å². The lowest BCUT2D eigenvalue weighted by Gasteiger charge is -2.12. The normalized spacial score (nSPS) is 18.1. The predicted octanol–water partition coefficient (Wildman–Crippen LogP) is -0.645. The van der Waals surface area contributed by atoms with Crippen molar-refractivity contribution in [3.05, 3.63) is 0 Å². The highest BCUT2D eigenvalue weighted by Crippen LogP contribution is 2.09. The molecule has 1 heterocycles. The van der Waals surface area contributed by atoms with Gasteiger partial charge in [0.1, 0.15) is 0 Å². The van der Waals surface area contributed by atoms with Gasteiger partial charge in [0.25, 0.3) is 0 Å². The minimum absolute atomic E-state index is 0.0368. The third-order valence-electron chi connectivity index (χ3n) is 1.74. The molecule has 0 radical (unpaired) electrons. The lowest BCUT2D eigenvalue weighted by molar-refractivity contribution is -0.138. The topological polar surface area (TPSA) is 49.4 Å². The predicted molar refractivity (Wildman–Crippen MR) is 39.9 cm³/mol. The van der Waals surface area contributed by atoms with Crippen molar-refractivity contribution < 1.29 is 9.59 Å². The molecule has 0 spiro atoms. The first kappa shape index (κ1) is 8.20. The van der Waals surface area contributed by atoms with E-state index in [9.17, 15) is 9.59 Å². The number of carbonyl (C=O) groups excluding carboxylic acids is 2. The second-order valence-electron chi connectivity index (χ2n) is 2.54. The Labute approximate surface area is 65.6 Å². The molecular formula is C7H12N2O2. The average Bonchev–Trinajstić information content (AvgIpc) is 2.29. The molecule has 1 N–H and O–H groups in total. The highest BCUT2D eigenvalue weighted by molar-refractivity contribution is 6.01. The Bertz CT molecular complexity index is 163. The smallest absolute Gasteiger partial charge is 0.229 e. The molecule has 62 valence electrons. The molecule has 0 aromatic rings. The van der Waals surface area contributed by atoms with Crippen molar-refractivity contribution in [2.45, 2.75) is 12.8 Å². The molecule has 1 aliphatic rings. The van der Waals surface area contributed by atoms with E-state index in [1.54, 1.807) is 7.05 Å². The molecule has 0 atom stereocenters. The zero-order chi connectivity index (χ0) is 8.27. The summed E-state index contributed by atoms with van der Waals surface area (Å²) in [5.74, 6) is -0.0736. The fourth-order valence-corrected chi connectivity index (χ4v) is 1.10. The van der Waals surface area contributed by atoms with Crippen LogP contribution in [-0.4, -0.2) is 36.9 Å². The first-order valence-electron chi connectivity index (χ1n) is 3.73. The monoisotopic (exact) mass is 156 g/mol. The Hall–Kier alpha value is -0.900. The molecule has 1 fully saturated rings. The second-order valence-corrected chi connectivity index (χ2v) is 2.54. The molecule has 0 saturated carbocycles. The number of carbonyl (C=O) groups is 2. The van der Waals surface area contributed by atoms with Gasteiger partial charge in [0.05, 0.1) is 0 Å². The summed E-state index contributed by atoms with van der Waals surface area (Å²) in [5, 5.41) is 2.89. The van der Waals surface area contributed by atoms with E-state index in [-0.39, 0.29) is 11.8 Å². The fourth-order valence-electron chi connectivity index (χ4n) is 1.10. The van der Waals surface area contributed by atoms with Crippen LogP contribution in [0.3, 0.4) is 0 Å². The Morgan fingerprint density at radius 1 is 1.36 bits per heavy atom. The molecule has 1 saturated heterocycles. The highest BCUT2D eigenvalue weighted by atomic mass is 16.2. The van der Waals surface area contributed by atoms with Crippen LogP contribution in [0.5, 0.6) is 0 Å². The lowest BCUT2D eigenvalue weighted by Crippen LogP contribution is -2.34. The number of hydrogen-bond acceptors (Lipinski definition) is 3. The molecule has 0 unspecified atom stereocenters. The van der Waals surface area contributed by atoms with E-state index < -0.39 is 0 Å². The van der Waals surface area contributed by atoms with Crippen molar-refractivity contribution in [1.29, 1.82) is 0 Å². The molecule has 1 aliphatic heterocycles. The number of imide groups is 1. The average molecular weight is 156 g/mol. The van der Waals surface area contributed by atoms with Crippen molar-refractivity contribution in [3.8, 4) is 0 Å². The summed E-state index contributed by atoms with van der Waals surface area (Å²) in [6.07, 6.45) is 0.783. The fraction of sp³-hybridized carbons (Fsp3) is 0.714. The number of likely N-dealkylation sites (N-methyl/N-ethyl adjacent to an activating group) is 1. The van der Waals surface area contributed by atoms with Gasteiger partial charge in [0, 0.05) is 25.9 Å². The number of hydrogen-bond donors (Lipinski definition) is 1. The lowest BCUT2D eigenvalue weighted by atomic mass is 10.4. The van der Waals surface area contributed by atoms with E-state index in [0.29, 0.717) is 25.9 Å². The molecule has 2 amide bonds. The maximum Gasteiger partial charge on any atom is 0.229 e. The Balaban J connectivity index is 2.41. The quantitative estimate of drug-likeness (QED) is 0.553. The number of rotatable bonds is 3. The first-order valence-corrected chi connectivity index (χ1v) is 3.73. The molecular weight excluding hydrogens is 144 g/mol. The van der Waals surface area contributed by atoms with Crippen molar-refractivity contribution in [2.75, 3.05) is 20.1 Å². The van der Waals surface area contributed by atoms with Crippen molar-refractivity contribution in [1.82, 2.24) is 10.2 Å². The van der Waals surface area contributed by atoms with Crippen LogP contribution in [0, 0.1) is 0 Å². The number of likely N-dealkylation sites (tertiary alicyclic amines) is 1. The van der Waals surface area contributed by atoms with Gasteiger partial charge in [0.15, 0.2) is 0 Å². The maximum atomic E-state index is 11.0. The van der Waals surface area contributed by atoms with E-state index in [1.807, 2.05) is 0 Å². The van der Waals surface area contributed by atoms with E-state index in [1.165, 1.54) is 4.90 Å². The van der Waals surface area contributed by atoms with Gasteiger partial charge in [-0.05, 0) is 7.05 Å². The van der Waals surface area contributed by atoms with Gasteiger partial charge in [-0.1, -0.05) is 0 Å². The second kappa shape index (κ2) is 3.48. The summed E-state index contributed by atoms with van der Waals surface area (Å²) in [6, 6.07) is 0. The Morgan fingerprint density at radius 2 is 1.91 bits per heavy atom. The van der Waals surface area contributed by atoms with Gasteiger partial charge in [-0.3, -0.25) is 14.5 Å². The SMILES string of the molecule is CNCCN1C(=O)CCC1=O. The van der Waals surface area contributed by atoms with E-state index in [4.69, 9.17) is 0 Å². The summed E-state index contributed by atoms with van der Waals surface area (Å²) >= 11 is 0. The van der Waals surface area contributed by atoms with Crippen molar-refractivity contribution in [2.24, 2.45) is 0 Å². The van der Waals surface area contributed by atoms with Crippen molar-refractivity contribution in [3.63, 3.8) is 0 Å². The van der Waals surface area contributed by atoms with Gasteiger partial charge >= 0.3 is 0 Å². The van der Waals surface area contributed by atoms with Crippen LogP contribution in [-0.2, 0) is 9.59 Å². The van der Waals surface area contributed by atoms with E-state index in [2.05, 4.69) is 5.32 Å². The van der Waals surface area contributed by atoms with E-state index >= 15 is 0 Å². The summed E-state index contributed by atoms with van der Waals surface area (Å²) in [4.78, 5) is 23.3. The van der Waals surface area contributed by atoms with Gasteiger partial charge in [-0.25, -0.2) is 0 Å². The minimum atomic E-state index is -0.0368. The van der Waals surface area contributed by atoms with Crippen LogP contribution < -0.4 is 5.32 Å². The largest absolute Gasteiger partial charge is 0.318 e. The zero-order valence-corrected chi connectivity index (χ0v) is 6.59. The third-order valence-corrected chi connectivity index (χ3v) is 1.74. The molecule has 0 aliphatic carbocycles. The van der Waals surface area contributed by atoms with Gasteiger partial charge in [-0.15, -0.1) is 0 Å².